The predicted octanol–water partition coefficient (Wildman–Crippen LogP) is -0.192. The minimum atomic E-state index is 0.178. The molecule has 1 aliphatic heterocycles. The SMILES string of the molecule is O=CCCN1CCC1=O. The van der Waals surface area contributed by atoms with Crippen molar-refractivity contribution < 1.29 is 9.59 Å². The van der Waals surface area contributed by atoms with Crippen LogP contribution in [0.1, 0.15) is 12.8 Å². The Labute approximate surface area is 53.6 Å². The number of β-lactam (4-membered cyclic amide) rings is 1. The second-order valence-electron chi connectivity index (χ2n) is 2.09. The highest BCUT2D eigenvalue weighted by atomic mass is 16.2. The van der Waals surface area contributed by atoms with Gasteiger partial charge in [-0.3, -0.25) is 4.79 Å². The maximum Gasteiger partial charge on any atom is 0.224 e. The van der Waals surface area contributed by atoms with E-state index in [1.165, 1.54) is 0 Å². The Morgan fingerprint density at radius 3 is 2.78 bits per heavy atom. The number of nitrogens with zero attached hydrogens (tertiary/aromatic N) is 1. The zero-order chi connectivity index (χ0) is 6.69. The second kappa shape index (κ2) is 2.62. The fraction of sp³-hybridized carbons (Fsp3) is 0.667. The van der Waals surface area contributed by atoms with E-state index in [9.17, 15) is 9.59 Å². The molecular weight excluding hydrogens is 118 g/mol. The molecular formula is C6H9NO2. The molecule has 1 amide bonds. The summed E-state index contributed by atoms with van der Waals surface area (Å²) >= 11 is 0. The molecule has 0 spiro atoms. The van der Waals surface area contributed by atoms with Gasteiger partial charge in [0.2, 0.25) is 5.91 Å². The van der Waals surface area contributed by atoms with Crippen LogP contribution in [0.2, 0.25) is 0 Å². The lowest BCUT2D eigenvalue weighted by atomic mass is 10.2. The highest BCUT2D eigenvalue weighted by Gasteiger charge is 2.21. The summed E-state index contributed by atoms with van der Waals surface area (Å²) in [6.45, 7) is 1.45. The molecule has 1 aliphatic rings. The monoisotopic (exact) mass is 127 g/mol. The first kappa shape index (κ1) is 6.26. The third-order valence-corrected chi connectivity index (χ3v) is 1.47. The van der Waals surface area contributed by atoms with Gasteiger partial charge in [0.15, 0.2) is 0 Å². The van der Waals surface area contributed by atoms with E-state index in [0.29, 0.717) is 19.4 Å². The Morgan fingerprint density at radius 2 is 2.44 bits per heavy atom. The van der Waals surface area contributed by atoms with E-state index in [1.54, 1.807) is 4.90 Å². The van der Waals surface area contributed by atoms with Crippen molar-refractivity contribution in [3.05, 3.63) is 0 Å². The van der Waals surface area contributed by atoms with Crippen molar-refractivity contribution in [2.24, 2.45) is 0 Å². The molecule has 1 fully saturated rings. The van der Waals surface area contributed by atoms with Crippen molar-refractivity contribution in [2.45, 2.75) is 12.8 Å². The summed E-state index contributed by atoms with van der Waals surface area (Å²) in [5.41, 5.74) is 0. The van der Waals surface area contributed by atoms with Crippen LogP contribution in [0.3, 0.4) is 0 Å². The minimum Gasteiger partial charge on any atom is -0.342 e. The summed E-state index contributed by atoms with van der Waals surface area (Å²) in [5.74, 6) is 0.178. The van der Waals surface area contributed by atoms with Crippen LogP contribution in [0.5, 0.6) is 0 Å². The topological polar surface area (TPSA) is 37.4 Å². The Hall–Kier alpha value is -0.860. The van der Waals surface area contributed by atoms with Gasteiger partial charge < -0.3 is 9.69 Å². The summed E-state index contributed by atoms with van der Waals surface area (Å²) in [7, 11) is 0. The molecule has 3 nitrogen and oxygen atoms in total. The largest absolute Gasteiger partial charge is 0.342 e. The van der Waals surface area contributed by atoms with Gasteiger partial charge in [-0.25, -0.2) is 0 Å². The van der Waals surface area contributed by atoms with Crippen LogP contribution in [0.25, 0.3) is 0 Å². The highest BCUT2D eigenvalue weighted by Crippen LogP contribution is 2.07. The van der Waals surface area contributed by atoms with Crippen molar-refractivity contribution in [3.63, 3.8) is 0 Å². The van der Waals surface area contributed by atoms with Crippen molar-refractivity contribution in [1.29, 1.82) is 0 Å². The van der Waals surface area contributed by atoms with Crippen LogP contribution in [-0.4, -0.2) is 30.2 Å². The zero-order valence-corrected chi connectivity index (χ0v) is 5.17. The predicted molar refractivity (Wildman–Crippen MR) is 31.9 cm³/mol. The van der Waals surface area contributed by atoms with Crippen molar-refractivity contribution in [1.82, 2.24) is 4.90 Å². The summed E-state index contributed by atoms with van der Waals surface area (Å²) < 4.78 is 0. The smallest absolute Gasteiger partial charge is 0.224 e. The quantitative estimate of drug-likeness (QED) is 0.389. The fourth-order valence-electron chi connectivity index (χ4n) is 0.806. The first-order valence-electron chi connectivity index (χ1n) is 3.06. The number of amides is 1. The van der Waals surface area contributed by atoms with Crippen LogP contribution < -0.4 is 0 Å². The number of likely N-dealkylation sites (tertiary alicyclic amines) is 1. The normalized spacial score (nSPS) is 17.3. The molecule has 0 radical (unpaired) electrons. The third kappa shape index (κ3) is 1.28. The van der Waals surface area contributed by atoms with E-state index in [4.69, 9.17) is 0 Å². The molecule has 0 aromatic rings. The maximum atomic E-state index is 10.5. The standard InChI is InChI=1S/C6H9NO2/c8-5-1-3-7-4-2-6(7)9/h5H,1-4H2. The summed E-state index contributed by atoms with van der Waals surface area (Å²) in [6.07, 6.45) is 1.98. The van der Waals surface area contributed by atoms with Gasteiger partial charge in [0.25, 0.3) is 0 Å². The molecule has 50 valence electrons. The van der Waals surface area contributed by atoms with Crippen LogP contribution in [0.4, 0.5) is 0 Å². The van der Waals surface area contributed by atoms with Gasteiger partial charge in [0.1, 0.15) is 6.29 Å². The van der Waals surface area contributed by atoms with E-state index in [2.05, 4.69) is 0 Å². The average Bonchev–Trinajstić information content (AvgIpc) is 1.86. The van der Waals surface area contributed by atoms with Gasteiger partial charge in [-0.2, -0.15) is 0 Å². The van der Waals surface area contributed by atoms with E-state index < -0.39 is 0 Å². The minimum absolute atomic E-state index is 0.178. The fourth-order valence-corrected chi connectivity index (χ4v) is 0.806. The van der Waals surface area contributed by atoms with Crippen LogP contribution >= 0.6 is 0 Å². The molecule has 3 heteroatoms. The Morgan fingerprint density at radius 1 is 1.67 bits per heavy atom. The van der Waals surface area contributed by atoms with E-state index in [1.807, 2.05) is 0 Å². The molecule has 0 aliphatic carbocycles. The van der Waals surface area contributed by atoms with Crippen molar-refractivity contribution in [3.8, 4) is 0 Å². The maximum absolute atomic E-state index is 10.5. The number of carbonyl (C=O) groups is 2. The Bertz CT molecular complexity index is 133. The number of hydrogen-bond acceptors (Lipinski definition) is 2. The van der Waals surface area contributed by atoms with Crippen LogP contribution in [-0.2, 0) is 9.59 Å². The highest BCUT2D eigenvalue weighted by molar-refractivity contribution is 5.81. The molecule has 0 aromatic carbocycles. The first-order chi connectivity index (χ1) is 4.34. The number of rotatable bonds is 3. The van der Waals surface area contributed by atoms with E-state index in [0.717, 1.165) is 12.8 Å². The number of hydrogen-bond donors (Lipinski definition) is 0. The van der Waals surface area contributed by atoms with Gasteiger partial charge in [-0.1, -0.05) is 0 Å². The molecule has 1 rings (SSSR count). The zero-order valence-electron chi connectivity index (χ0n) is 5.17. The second-order valence-corrected chi connectivity index (χ2v) is 2.09. The molecule has 0 unspecified atom stereocenters. The molecule has 0 atom stereocenters. The van der Waals surface area contributed by atoms with Crippen molar-refractivity contribution in [2.75, 3.05) is 13.1 Å². The molecule has 9 heavy (non-hydrogen) atoms. The van der Waals surface area contributed by atoms with E-state index >= 15 is 0 Å². The summed E-state index contributed by atoms with van der Waals surface area (Å²) in [6, 6.07) is 0. The summed E-state index contributed by atoms with van der Waals surface area (Å²) in [5, 5.41) is 0. The first-order valence-corrected chi connectivity index (χ1v) is 3.06. The molecule has 0 bridgehead atoms. The lowest BCUT2D eigenvalue weighted by Crippen LogP contribution is -2.43. The molecule has 0 aromatic heterocycles. The number of aldehydes is 1. The molecule has 0 N–H and O–H groups in total. The Kier molecular flexibility index (Phi) is 1.82. The third-order valence-electron chi connectivity index (χ3n) is 1.47. The van der Waals surface area contributed by atoms with E-state index in [-0.39, 0.29) is 5.91 Å². The lowest BCUT2D eigenvalue weighted by Gasteiger charge is -2.29. The van der Waals surface area contributed by atoms with Crippen LogP contribution in [0.15, 0.2) is 0 Å². The van der Waals surface area contributed by atoms with Gasteiger partial charge >= 0.3 is 0 Å². The lowest BCUT2D eigenvalue weighted by molar-refractivity contribution is -0.139. The van der Waals surface area contributed by atoms with Crippen molar-refractivity contribution >= 4 is 12.2 Å². The van der Waals surface area contributed by atoms with Gasteiger partial charge in [-0.15, -0.1) is 0 Å². The Balaban J connectivity index is 2.13. The molecule has 1 heterocycles. The number of carbonyl (C=O) groups excluding carboxylic acids is 2. The average molecular weight is 127 g/mol. The summed E-state index contributed by atoms with van der Waals surface area (Å²) in [4.78, 5) is 22.1. The van der Waals surface area contributed by atoms with Gasteiger partial charge in [-0.05, 0) is 0 Å². The van der Waals surface area contributed by atoms with Crippen LogP contribution in [0, 0.1) is 0 Å². The van der Waals surface area contributed by atoms with Gasteiger partial charge in [0.05, 0.1) is 0 Å². The van der Waals surface area contributed by atoms with Gasteiger partial charge in [0, 0.05) is 25.9 Å². The molecule has 0 saturated carbocycles. The molecule has 1 saturated heterocycles.